The fourth-order valence-electron chi connectivity index (χ4n) is 3.54. The Labute approximate surface area is 224 Å². The van der Waals surface area contributed by atoms with Gasteiger partial charge in [0.05, 0.1) is 11.5 Å². The summed E-state index contributed by atoms with van der Waals surface area (Å²) in [4.78, 5) is 12.6. The van der Waals surface area contributed by atoms with Crippen LogP contribution in [0.4, 0.5) is 0 Å². The van der Waals surface area contributed by atoms with Crippen molar-refractivity contribution in [2.45, 2.75) is 38.3 Å². The average molecular weight is 563 g/mol. The highest BCUT2D eigenvalue weighted by atomic mass is 79.9. The van der Waals surface area contributed by atoms with Crippen LogP contribution in [0.5, 0.6) is 0 Å². The monoisotopic (exact) mass is 561 g/mol. The van der Waals surface area contributed by atoms with Gasteiger partial charge in [-0.15, -0.1) is 10.2 Å². The Morgan fingerprint density at radius 1 is 0.972 bits per heavy atom. The number of carbonyl (C=O) groups is 1. The number of amides is 1. The number of aromatic nitrogens is 3. The van der Waals surface area contributed by atoms with Crippen molar-refractivity contribution in [1.29, 1.82) is 0 Å². The van der Waals surface area contributed by atoms with Gasteiger partial charge in [0, 0.05) is 15.7 Å². The minimum Gasteiger partial charge on any atom is -0.272 e. The summed E-state index contributed by atoms with van der Waals surface area (Å²) in [6.07, 6.45) is 0. The second-order valence-electron chi connectivity index (χ2n) is 9.33. The highest BCUT2D eigenvalue weighted by Crippen LogP contribution is 2.30. The second-order valence-corrected chi connectivity index (χ2v) is 11.2. The standard InChI is InChI=1S/C28H28BrN5OS/c1-19(20-12-16-23(29)17-13-20)30-31-25(35)18-36-27-33-32-26(34(27)24-8-6-5-7-9-24)21-10-14-22(15-11-21)28(2,3)4/h5-17H,18H2,1-4H3,(H,31,35)/b30-19-. The zero-order chi connectivity index (χ0) is 25.7. The van der Waals surface area contributed by atoms with Crippen molar-refractivity contribution in [3.63, 3.8) is 0 Å². The zero-order valence-corrected chi connectivity index (χ0v) is 23.1. The second kappa shape index (κ2) is 11.2. The van der Waals surface area contributed by atoms with E-state index in [1.165, 1.54) is 17.3 Å². The van der Waals surface area contributed by atoms with Gasteiger partial charge in [0.1, 0.15) is 0 Å². The van der Waals surface area contributed by atoms with E-state index in [-0.39, 0.29) is 17.1 Å². The molecule has 0 unspecified atom stereocenters. The van der Waals surface area contributed by atoms with Crippen molar-refractivity contribution < 1.29 is 4.79 Å². The van der Waals surface area contributed by atoms with Crippen LogP contribution in [0.1, 0.15) is 38.8 Å². The van der Waals surface area contributed by atoms with E-state index >= 15 is 0 Å². The van der Waals surface area contributed by atoms with E-state index in [0.29, 0.717) is 5.16 Å². The van der Waals surface area contributed by atoms with Gasteiger partial charge in [0.2, 0.25) is 0 Å². The van der Waals surface area contributed by atoms with Crippen LogP contribution < -0.4 is 5.43 Å². The predicted molar refractivity (Wildman–Crippen MR) is 151 cm³/mol. The van der Waals surface area contributed by atoms with E-state index in [4.69, 9.17) is 0 Å². The maximum absolute atomic E-state index is 12.6. The van der Waals surface area contributed by atoms with Crippen molar-refractivity contribution in [3.8, 4) is 17.1 Å². The summed E-state index contributed by atoms with van der Waals surface area (Å²) in [6.45, 7) is 8.44. The quantitative estimate of drug-likeness (QED) is 0.156. The number of hydrazone groups is 1. The molecule has 0 atom stereocenters. The van der Waals surface area contributed by atoms with Crippen LogP contribution in [-0.4, -0.2) is 32.1 Å². The van der Waals surface area contributed by atoms with Gasteiger partial charge < -0.3 is 0 Å². The summed E-state index contributed by atoms with van der Waals surface area (Å²) in [5.74, 6) is 0.675. The average Bonchev–Trinajstić information content (AvgIpc) is 3.30. The maximum Gasteiger partial charge on any atom is 0.250 e. The lowest BCUT2D eigenvalue weighted by molar-refractivity contribution is -0.118. The Morgan fingerprint density at radius 3 is 2.28 bits per heavy atom. The molecule has 36 heavy (non-hydrogen) atoms. The minimum absolute atomic E-state index is 0.0677. The largest absolute Gasteiger partial charge is 0.272 e. The first-order chi connectivity index (χ1) is 17.2. The van der Waals surface area contributed by atoms with Crippen LogP contribution in [0, 0.1) is 0 Å². The molecular weight excluding hydrogens is 534 g/mol. The molecule has 184 valence electrons. The molecule has 6 nitrogen and oxygen atoms in total. The van der Waals surface area contributed by atoms with Gasteiger partial charge >= 0.3 is 0 Å². The fraction of sp³-hybridized carbons (Fsp3) is 0.214. The third-order valence-electron chi connectivity index (χ3n) is 5.60. The van der Waals surface area contributed by atoms with Crippen molar-refractivity contribution in [2.24, 2.45) is 5.10 Å². The lowest BCUT2D eigenvalue weighted by atomic mass is 9.87. The summed E-state index contributed by atoms with van der Waals surface area (Å²) < 4.78 is 2.98. The topological polar surface area (TPSA) is 72.2 Å². The van der Waals surface area contributed by atoms with E-state index in [1.54, 1.807) is 0 Å². The van der Waals surface area contributed by atoms with Crippen molar-refractivity contribution >= 4 is 39.3 Å². The van der Waals surface area contributed by atoms with E-state index in [1.807, 2.05) is 66.1 Å². The number of thioether (sulfide) groups is 1. The van der Waals surface area contributed by atoms with Crippen LogP contribution in [-0.2, 0) is 10.2 Å². The Hall–Kier alpha value is -3.23. The molecule has 1 N–H and O–H groups in total. The van der Waals surface area contributed by atoms with E-state index < -0.39 is 0 Å². The third-order valence-corrected chi connectivity index (χ3v) is 7.06. The normalized spacial score (nSPS) is 12.0. The van der Waals surface area contributed by atoms with E-state index in [9.17, 15) is 4.79 Å². The first kappa shape index (κ1) is 25.9. The number of para-hydroxylation sites is 1. The molecule has 1 aromatic heterocycles. The lowest BCUT2D eigenvalue weighted by Crippen LogP contribution is -2.21. The highest BCUT2D eigenvalue weighted by molar-refractivity contribution is 9.10. The summed E-state index contributed by atoms with van der Waals surface area (Å²) in [5.41, 5.74) is 7.53. The number of nitrogens with one attached hydrogen (secondary N) is 1. The molecule has 0 saturated heterocycles. The van der Waals surface area contributed by atoms with E-state index in [2.05, 4.69) is 81.7 Å². The summed E-state index contributed by atoms with van der Waals surface area (Å²) in [6, 6.07) is 26.1. The fourth-order valence-corrected chi connectivity index (χ4v) is 4.55. The van der Waals surface area contributed by atoms with Gasteiger partial charge in [0.25, 0.3) is 5.91 Å². The summed E-state index contributed by atoms with van der Waals surface area (Å²) in [7, 11) is 0. The summed E-state index contributed by atoms with van der Waals surface area (Å²) >= 11 is 4.75. The first-order valence-electron chi connectivity index (χ1n) is 11.6. The molecule has 0 spiro atoms. The van der Waals surface area contributed by atoms with Gasteiger partial charge in [-0.2, -0.15) is 5.10 Å². The number of nitrogens with zero attached hydrogens (tertiary/aromatic N) is 4. The summed E-state index contributed by atoms with van der Waals surface area (Å²) in [5, 5.41) is 13.8. The molecule has 0 fully saturated rings. The Morgan fingerprint density at radius 2 is 1.64 bits per heavy atom. The predicted octanol–water partition coefficient (Wildman–Crippen LogP) is 6.63. The molecule has 0 radical (unpaired) electrons. The van der Waals surface area contributed by atoms with Crippen LogP contribution in [0.3, 0.4) is 0 Å². The molecule has 3 aromatic carbocycles. The molecular formula is C28H28BrN5OS. The third kappa shape index (κ3) is 6.30. The molecule has 0 bridgehead atoms. The first-order valence-corrected chi connectivity index (χ1v) is 13.3. The number of hydrogen-bond donors (Lipinski definition) is 1. The molecule has 1 heterocycles. The Kier molecular flexibility index (Phi) is 8.06. The van der Waals surface area contributed by atoms with E-state index in [0.717, 1.165) is 32.8 Å². The lowest BCUT2D eigenvalue weighted by Gasteiger charge is -2.19. The minimum atomic E-state index is -0.213. The molecule has 8 heteroatoms. The molecule has 0 saturated carbocycles. The number of halogens is 1. The molecule has 1 amide bonds. The number of hydrogen-bond acceptors (Lipinski definition) is 5. The van der Waals surface area contributed by atoms with Gasteiger partial charge in [-0.25, -0.2) is 5.43 Å². The van der Waals surface area contributed by atoms with Crippen LogP contribution in [0.2, 0.25) is 0 Å². The van der Waals surface area contributed by atoms with Gasteiger partial charge in [0.15, 0.2) is 11.0 Å². The highest BCUT2D eigenvalue weighted by Gasteiger charge is 2.19. The molecule has 0 aliphatic carbocycles. The van der Waals surface area contributed by atoms with Crippen molar-refractivity contribution in [3.05, 3.63) is 94.5 Å². The molecule has 0 aliphatic heterocycles. The van der Waals surface area contributed by atoms with Crippen molar-refractivity contribution in [2.75, 3.05) is 5.75 Å². The molecule has 0 aliphatic rings. The van der Waals surface area contributed by atoms with Gasteiger partial charge in [-0.05, 0) is 47.7 Å². The number of carbonyl (C=O) groups excluding carboxylic acids is 1. The maximum atomic E-state index is 12.6. The van der Waals surface area contributed by atoms with Gasteiger partial charge in [-0.3, -0.25) is 9.36 Å². The van der Waals surface area contributed by atoms with Crippen LogP contribution >= 0.6 is 27.7 Å². The molecule has 4 aromatic rings. The Bertz CT molecular complexity index is 1360. The number of rotatable bonds is 7. The van der Waals surface area contributed by atoms with Crippen molar-refractivity contribution in [1.82, 2.24) is 20.2 Å². The van der Waals surface area contributed by atoms with Crippen LogP contribution in [0.15, 0.2) is 93.6 Å². The van der Waals surface area contributed by atoms with Gasteiger partial charge in [-0.1, -0.05) is 103 Å². The zero-order valence-electron chi connectivity index (χ0n) is 20.7. The Balaban J connectivity index is 1.53. The number of benzene rings is 3. The smallest absolute Gasteiger partial charge is 0.250 e. The van der Waals surface area contributed by atoms with Crippen LogP contribution in [0.25, 0.3) is 17.1 Å². The SMILES string of the molecule is C/C(=N/NC(=O)CSc1nnc(-c2ccc(C(C)(C)C)cc2)n1-c1ccccc1)c1ccc(Br)cc1. The molecule has 4 rings (SSSR count).